The van der Waals surface area contributed by atoms with E-state index in [0.717, 1.165) is 0 Å². The second-order valence-electron chi connectivity index (χ2n) is 1.07. The van der Waals surface area contributed by atoms with E-state index in [1.807, 2.05) is 0 Å². The molecule has 50 valence electrons. The maximum atomic E-state index is 9.67. The first-order chi connectivity index (χ1) is 3.13. The van der Waals surface area contributed by atoms with Gasteiger partial charge >= 0.3 is 6.09 Å². The Kier molecular flexibility index (Phi) is 7.44. The van der Waals surface area contributed by atoms with E-state index < -0.39 is 6.09 Å². The lowest BCUT2D eigenvalue weighted by atomic mass is 10.8. The van der Waals surface area contributed by atoms with Crippen LogP contribution in [-0.2, 0) is 0 Å². The highest BCUT2D eigenvalue weighted by Crippen LogP contribution is 1.88. The van der Waals surface area contributed by atoms with E-state index >= 15 is 0 Å². The predicted molar refractivity (Wildman–Crippen MR) is 39.9 cm³/mol. The summed E-state index contributed by atoms with van der Waals surface area (Å²) in [6.07, 6.45) is -1.01. The maximum absolute atomic E-state index is 9.67. The van der Waals surface area contributed by atoms with Crippen molar-refractivity contribution in [1.29, 1.82) is 0 Å². The Morgan fingerprint density at radius 2 is 2.25 bits per heavy atom. The average molecular weight is 249 g/mol. The summed E-state index contributed by atoms with van der Waals surface area (Å²) in [7, 11) is 0. The minimum absolute atomic E-state index is 0. The number of carboxylic acid groups (broad SMARTS) is 1. The zero-order chi connectivity index (χ0) is 5.86. The molecule has 1 atom stereocenters. The summed E-state index contributed by atoms with van der Waals surface area (Å²) in [6, 6.07) is 0. The van der Waals surface area contributed by atoms with Gasteiger partial charge in [0.25, 0.3) is 0 Å². The van der Waals surface area contributed by atoms with Crippen molar-refractivity contribution in [1.82, 2.24) is 5.32 Å². The molecule has 0 aliphatic rings. The zero-order valence-corrected chi connectivity index (χ0v) is 7.52. The van der Waals surface area contributed by atoms with E-state index in [2.05, 4.69) is 21.2 Å². The monoisotopic (exact) mass is 247 g/mol. The Hall–Kier alpha value is 0.230. The molecule has 0 rings (SSSR count). The second-order valence-corrected chi connectivity index (χ2v) is 2.44. The summed E-state index contributed by atoms with van der Waals surface area (Å²) in [6.45, 7) is 1.69. The molecule has 0 aliphatic heterocycles. The molecule has 0 saturated carbocycles. The molecular weight excluding hydrogens is 242 g/mol. The van der Waals surface area contributed by atoms with Crippen molar-refractivity contribution >= 4 is 39.0 Å². The highest BCUT2D eigenvalue weighted by atomic mass is 79.9. The van der Waals surface area contributed by atoms with Gasteiger partial charge in [0, 0.05) is 0 Å². The molecule has 1 unspecified atom stereocenters. The van der Waals surface area contributed by atoms with E-state index in [1.54, 1.807) is 6.92 Å². The van der Waals surface area contributed by atoms with Crippen molar-refractivity contribution in [2.75, 3.05) is 0 Å². The van der Waals surface area contributed by atoms with Gasteiger partial charge in [0.1, 0.15) is 0 Å². The average Bonchev–Trinajstić information content (AvgIpc) is 1.27. The van der Waals surface area contributed by atoms with Crippen LogP contribution in [0.2, 0.25) is 0 Å². The van der Waals surface area contributed by atoms with Gasteiger partial charge in [-0.15, -0.1) is 17.0 Å². The minimum atomic E-state index is -1.01. The fourth-order valence-corrected chi connectivity index (χ4v) is 0.366. The van der Waals surface area contributed by atoms with Crippen LogP contribution in [0.4, 0.5) is 4.79 Å². The van der Waals surface area contributed by atoms with Crippen molar-refractivity contribution in [3.63, 3.8) is 0 Å². The van der Waals surface area contributed by atoms with Gasteiger partial charge in [-0.05, 0) is 6.92 Å². The van der Waals surface area contributed by atoms with Gasteiger partial charge in [-0.25, -0.2) is 4.79 Å². The number of rotatable bonds is 1. The number of carbonyl (C=O) groups is 1. The molecule has 0 spiro atoms. The molecule has 0 heterocycles. The van der Waals surface area contributed by atoms with Crippen molar-refractivity contribution in [2.45, 2.75) is 11.9 Å². The summed E-state index contributed by atoms with van der Waals surface area (Å²) in [5.74, 6) is 0. The van der Waals surface area contributed by atoms with Gasteiger partial charge in [-0.2, -0.15) is 0 Å². The van der Waals surface area contributed by atoms with Crippen LogP contribution < -0.4 is 5.32 Å². The Morgan fingerprint density at radius 1 is 1.88 bits per heavy atom. The van der Waals surface area contributed by atoms with Gasteiger partial charge < -0.3 is 10.4 Å². The molecule has 0 fully saturated rings. The maximum Gasteiger partial charge on any atom is 0.405 e. The number of hydrogen-bond acceptors (Lipinski definition) is 1. The second kappa shape index (κ2) is 5.37. The molecule has 3 nitrogen and oxygen atoms in total. The summed E-state index contributed by atoms with van der Waals surface area (Å²) >= 11 is 2.98. The third-order valence-electron chi connectivity index (χ3n) is 0.322. The van der Waals surface area contributed by atoms with Crippen LogP contribution in [-0.4, -0.2) is 16.2 Å². The van der Waals surface area contributed by atoms with Crippen molar-refractivity contribution in [3.05, 3.63) is 0 Å². The quantitative estimate of drug-likeness (QED) is 0.547. The molecule has 0 bridgehead atoms. The zero-order valence-electron chi connectivity index (χ0n) is 4.22. The van der Waals surface area contributed by atoms with E-state index in [-0.39, 0.29) is 21.9 Å². The van der Waals surface area contributed by atoms with E-state index in [4.69, 9.17) is 5.11 Å². The molecule has 0 aliphatic carbocycles. The fourth-order valence-electron chi connectivity index (χ4n) is 0.170. The fraction of sp³-hybridized carbons (Fsp3) is 0.667. The number of nitrogens with one attached hydrogen (secondary N) is 1. The lowest BCUT2D eigenvalue weighted by molar-refractivity contribution is 0.194. The van der Waals surface area contributed by atoms with E-state index in [1.165, 1.54) is 0 Å². The number of hydrogen-bond donors (Lipinski definition) is 2. The van der Waals surface area contributed by atoms with Crippen molar-refractivity contribution in [2.24, 2.45) is 0 Å². The molecule has 0 aromatic heterocycles. The standard InChI is InChI=1S/C3H6BrNO2.BrH/c1-2(4)5-3(6)7;/h2,5H,1H3,(H,6,7);1H. The molecular formula is C3H7Br2NO2. The van der Waals surface area contributed by atoms with Crippen molar-refractivity contribution in [3.8, 4) is 0 Å². The van der Waals surface area contributed by atoms with Crippen LogP contribution in [0.25, 0.3) is 0 Å². The molecule has 5 heteroatoms. The van der Waals surface area contributed by atoms with Gasteiger partial charge in [-0.3, -0.25) is 0 Å². The SMILES string of the molecule is Br.CC(Br)NC(=O)O. The lowest BCUT2D eigenvalue weighted by Crippen LogP contribution is -2.25. The van der Waals surface area contributed by atoms with Crippen molar-refractivity contribution < 1.29 is 9.90 Å². The predicted octanol–water partition coefficient (Wildman–Crippen LogP) is 1.57. The number of halogens is 2. The van der Waals surface area contributed by atoms with Crippen LogP contribution in [0.3, 0.4) is 0 Å². The summed E-state index contributed by atoms with van der Waals surface area (Å²) < 4.78 is 0. The van der Waals surface area contributed by atoms with Gasteiger partial charge in [-0.1, -0.05) is 15.9 Å². The minimum Gasteiger partial charge on any atom is -0.465 e. The Labute approximate surface area is 66.4 Å². The van der Waals surface area contributed by atoms with Gasteiger partial charge in [0.15, 0.2) is 0 Å². The molecule has 8 heavy (non-hydrogen) atoms. The smallest absolute Gasteiger partial charge is 0.405 e. The number of alkyl halides is 1. The normalized spacial score (nSPS) is 11.2. The molecule has 1 amide bonds. The Balaban J connectivity index is 0. The Bertz CT molecular complexity index is 75.7. The molecule has 2 N–H and O–H groups in total. The van der Waals surface area contributed by atoms with Gasteiger partial charge in [0.2, 0.25) is 0 Å². The molecule has 0 saturated heterocycles. The molecule has 0 aromatic rings. The molecule has 0 radical (unpaired) electrons. The lowest BCUT2D eigenvalue weighted by Gasteiger charge is -1.98. The largest absolute Gasteiger partial charge is 0.465 e. The van der Waals surface area contributed by atoms with E-state index in [0.29, 0.717) is 0 Å². The first kappa shape index (κ1) is 11.1. The Morgan fingerprint density at radius 3 is 2.25 bits per heavy atom. The highest BCUT2D eigenvalue weighted by Gasteiger charge is 1.95. The summed E-state index contributed by atoms with van der Waals surface area (Å²) in [5.41, 5.74) is 0. The van der Waals surface area contributed by atoms with Crippen LogP contribution in [0.5, 0.6) is 0 Å². The molecule has 0 aromatic carbocycles. The first-order valence-electron chi connectivity index (χ1n) is 1.76. The first-order valence-corrected chi connectivity index (χ1v) is 2.68. The van der Waals surface area contributed by atoms with Gasteiger partial charge in [0.05, 0.1) is 4.95 Å². The van der Waals surface area contributed by atoms with E-state index in [9.17, 15) is 4.79 Å². The topological polar surface area (TPSA) is 49.3 Å². The highest BCUT2D eigenvalue weighted by molar-refractivity contribution is 9.09. The van der Waals surface area contributed by atoms with Crippen LogP contribution in [0.1, 0.15) is 6.92 Å². The van der Waals surface area contributed by atoms with Crippen LogP contribution >= 0.6 is 32.9 Å². The number of amides is 1. The summed E-state index contributed by atoms with van der Waals surface area (Å²) in [4.78, 5) is 9.51. The van der Waals surface area contributed by atoms with Crippen LogP contribution in [0.15, 0.2) is 0 Å². The third-order valence-corrected chi connectivity index (χ3v) is 0.551. The summed E-state index contributed by atoms with van der Waals surface area (Å²) in [5, 5.41) is 10.1. The third kappa shape index (κ3) is 9.52. The van der Waals surface area contributed by atoms with Crippen LogP contribution in [0, 0.1) is 0 Å².